The summed E-state index contributed by atoms with van der Waals surface area (Å²) in [4.78, 5) is 18.8. The zero-order chi connectivity index (χ0) is 24.0. The predicted molar refractivity (Wildman–Crippen MR) is 136 cm³/mol. The summed E-state index contributed by atoms with van der Waals surface area (Å²) in [6, 6.07) is 18.6. The molecule has 0 spiro atoms. The van der Waals surface area contributed by atoms with Gasteiger partial charge in [0.15, 0.2) is 0 Å². The Morgan fingerprint density at radius 3 is 2.94 bits per heavy atom. The van der Waals surface area contributed by atoms with Crippen molar-refractivity contribution in [2.45, 2.75) is 39.3 Å². The zero-order valence-electron chi connectivity index (χ0n) is 20.1. The monoisotopic (exact) mass is 469 g/mol. The molecule has 2 aliphatic heterocycles. The van der Waals surface area contributed by atoms with Crippen LogP contribution in [-0.4, -0.2) is 35.7 Å². The number of para-hydroxylation sites is 1. The van der Waals surface area contributed by atoms with Crippen LogP contribution in [-0.2, 0) is 24.4 Å². The Morgan fingerprint density at radius 2 is 2.09 bits per heavy atom. The molecule has 35 heavy (non-hydrogen) atoms. The largest absolute Gasteiger partial charge is 0.488 e. The quantitative estimate of drug-likeness (QED) is 0.550. The molecule has 3 heterocycles. The number of carbonyl (C=O) groups is 1. The van der Waals surface area contributed by atoms with Gasteiger partial charge in [0.1, 0.15) is 18.2 Å². The molecular weight excluding hydrogens is 438 g/mol. The molecule has 6 nitrogen and oxygen atoms in total. The molecule has 1 saturated heterocycles. The number of fused-ring (bicyclic) bond motifs is 2. The number of aliphatic carboxylic acids is 1. The van der Waals surface area contributed by atoms with Crippen molar-refractivity contribution in [3.63, 3.8) is 0 Å². The Balaban J connectivity index is 1.21. The number of pyridine rings is 1. The SMILES string of the molecule is Cc1c(COc2ccccc2-c2cccc(N3CC[C@@]4(C(=O)O)C[C@H]4C3)n2)ccc2c1CCNC2. The number of piperidine rings is 1. The summed E-state index contributed by atoms with van der Waals surface area (Å²) in [5.74, 6) is 1.32. The maximum absolute atomic E-state index is 11.6. The minimum Gasteiger partial charge on any atom is -0.488 e. The van der Waals surface area contributed by atoms with Gasteiger partial charge in [-0.1, -0.05) is 30.3 Å². The molecule has 2 N–H and O–H groups in total. The Labute approximate surface area is 206 Å². The van der Waals surface area contributed by atoms with E-state index in [9.17, 15) is 9.90 Å². The summed E-state index contributed by atoms with van der Waals surface area (Å²) < 4.78 is 6.36. The fraction of sp³-hybridized carbons (Fsp3) is 0.379. The molecule has 2 fully saturated rings. The molecule has 2 atom stereocenters. The first-order valence-corrected chi connectivity index (χ1v) is 12.5. The van der Waals surface area contributed by atoms with Gasteiger partial charge >= 0.3 is 5.97 Å². The molecular formula is C29H31N3O3. The minimum absolute atomic E-state index is 0.227. The number of aromatic nitrogens is 1. The van der Waals surface area contributed by atoms with Crippen LogP contribution >= 0.6 is 0 Å². The van der Waals surface area contributed by atoms with Crippen molar-refractivity contribution in [1.82, 2.24) is 10.3 Å². The fourth-order valence-corrected chi connectivity index (χ4v) is 5.87. The number of carboxylic acids is 1. The van der Waals surface area contributed by atoms with Crippen LogP contribution in [0.4, 0.5) is 5.82 Å². The molecule has 0 radical (unpaired) electrons. The molecule has 3 aromatic rings. The lowest BCUT2D eigenvalue weighted by atomic mass is 9.93. The van der Waals surface area contributed by atoms with E-state index in [1.165, 1.54) is 22.3 Å². The number of anilines is 1. The Hall–Kier alpha value is -3.38. The normalized spacial score (nSPS) is 22.8. The third-order valence-electron chi connectivity index (χ3n) is 8.21. The molecule has 2 aromatic carbocycles. The van der Waals surface area contributed by atoms with Crippen molar-refractivity contribution in [3.05, 3.63) is 76.9 Å². The van der Waals surface area contributed by atoms with Crippen LogP contribution in [0.1, 0.15) is 35.1 Å². The summed E-state index contributed by atoms with van der Waals surface area (Å²) in [6.45, 7) is 6.18. The highest BCUT2D eigenvalue weighted by atomic mass is 16.5. The lowest BCUT2D eigenvalue weighted by molar-refractivity contribution is -0.144. The van der Waals surface area contributed by atoms with Crippen LogP contribution in [0.2, 0.25) is 0 Å². The molecule has 6 rings (SSSR count). The number of rotatable bonds is 6. The second-order valence-corrected chi connectivity index (χ2v) is 10.1. The first-order valence-electron chi connectivity index (χ1n) is 12.5. The number of nitrogens with one attached hydrogen (secondary N) is 1. The second kappa shape index (κ2) is 8.68. The van der Waals surface area contributed by atoms with Crippen molar-refractivity contribution in [3.8, 4) is 17.0 Å². The van der Waals surface area contributed by atoms with Crippen molar-refractivity contribution >= 4 is 11.8 Å². The second-order valence-electron chi connectivity index (χ2n) is 10.1. The van der Waals surface area contributed by atoms with Gasteiger partial charge in [0.05, 0.1) is 11.1 Å². The predicted octanol–water partition coefficient (Wildman–Crippen LogP) is 4.58. The van der Waals surface area contributed by atoms with Crippen LogP contribution in [0.5, 0.6) is 5.75 Å². The number of carboxylic acid groups (broad SMARTS) is 1. The van der Waals surface area contributed by atoms with Gasteiger partial charge in [0, 0.05) is 25.2 Å². The summed E-state index contributed by atoms with van der Waals surface area (Å²) in [5, 5.41) is 13.0. The Bertz CT molecular complexity index is 1290. The highest BCUT2D eigenvalue weighted by Gasteiger charge is 2.62. The average molecular weight is 470 g/mol. The van der Waals surface area contributed by atoms with Crippen LogP contribution in [0, 0.1) is 18.3 Å². The number of ether oxygens (including phenoxy) is 1. The molecule has 180 valence electrons. The Kier molecular flexibility index (Phi) is 5.49. The van der Waals surface area contributed by atoms with Crippen molar-refractivity contribution in [2.24, 2.45) is 11.3 Å². The first kappa shape index (κ1) is 22.1. The van der Waals surface area contributed by atoms with Gasteiger partial charge in [-0.2, -0.15) is 0 Å². The number of hydrogen-bond acceptors (Lipinski definition) is 5. The van der Waals surface area contributed by atoms with Gasteiger partial charge in [0.2, 0.25) is 0 Å². The van der Waals surface area contributed by atoms with Gasteiger partial charge < -0.3 is 20.1 Å². The third kappa shape index (κ3) is 3.96. The highest BCUT2D eigenvalue weighted by Crippen LogP contribution is 2.58. The van der Waals surface area contributed by atoms with E-state index in [4.69, 9.17) is 9.72 Å². The van der Waals surface area contributed by atoms with Crippen LogP contribution < -0.4 is 15.0 Å². The van der Waals surface area contributed by atoms with Gasteiger partial charge in [0.25, 0.3) is 0 Å². The fourth-order valence-electron chi connectivity index (χ4n) is 5.87. The van der Waals surface area contributed by atoms with Gasteiger partial charge in [-0.3, -0.25) is 4.79 Å². The summed E-state index contributed by atoms with van der Waals surface area (Å²) in [6.07, 6.45) is 2.54. The van der Waals surface area contributed by atoms with E-state index in [1.807, 2.05) is 36.4 Å². The Morgan fingerprint density at radius 1 is 1.20 bits per heavy atom. The van der Waals surface area contributed by atoms with Gasteiger partial charge in [-0.05, 0) is 85.2 Å². The van der Waals surface area contributed by atoms with E-state index in [0.717, 1.165) is 61.8 Å². The van der Waals surface area contributed by atoms with E-state index < -0.39 is 11.4 Å². The van der Waals surface area contributed by atoms with E-state index in [1.54, 1.807) is 0 Å². The average Bonchev–Trinajstić information content (AvgIpc) is 3.64. The summed E-state index contributed by atoms with van der Waals surface area (Å²) >= 11 is 0. The molecule has 0 unspecified atom stereocenters. The number of nitrogens with zero attached hydrogens (tertiary/aromatic N) is 2. The van der Waals surface area contributed by atoms with E-state index in [-0.39, 0.29) is 5.92 Å². The van der Waals surface area contributed by atoms with Gasteiger partial charge in [-0.15, -0.1) is 0 Å². The first-order chi connectivity index (χ1) is 17.0. The van der Waals surface area contributed by atoms with Crippen LogP contribution in [0.3, 0.4) is 0 Å². The maximum atomic E-state index is 11.6. The zero-order valence-corrected chi connectivity index (χ0v) is 20.1. The third-order valence-corrected chi connectivity index (χ3v) is 8.21. The lowest BCUT2D eigenvalue weighted by Gasteiger charge is -2.30. The van der Waals surface area contributed by atoms with Crippen LogP contribution in [0.15, 0.2) is 54.6 Å². The molecule has 0 amide bonds. The standard InChI is InChI=1S/C29H31N3O3/c1-19-21(10-9-20-16-30-13-11-23(19)20)18-35-26-7-3-2-5-24(26)25-6-4-8-27(31-25)32-14-12-29(28(33)34)15-22(29)17-32/h2-10,22,30H,11-18H2,1H3,(H,33,34)/t22-,29+/m0/s1. The van der Waals surface area contributed by atoms with Crippen molar-refractivity contribution < 1.29 is 14.6 Å². The topological polar surface area (TPSA) is 74.7 Å². The van der Waals surface area contributed by atoms with Gasteiger partial charge in [-0.25, -0.2) is 4.98 Å². The number of hydrogen-bond donors (Lipinski definition) is 2. The van der Waals surface area contributed by atoms with E-state index >= 15 is 0 Å². The molecule has 1 aromatic heterocycles. The van der Waals surface area contributed by atoms with E-state index in [2.05, 4.69) is 35.3 Å². The van der Waals surface area contributed by atoms with Crippen molar-refractivity contribution in [1.29, 1.82) is 0 Å². The van der Waals surface area contributed by atoms with Crippen LogP contribution in [0.25, 0.3) is 11.3 Å². The van der Waals surface area contributed by atoms with E-state index in [0.29, 0.717) is 13.0 Å². The molecule has 1 aliphatic carbocycles. The lowest BCUT2D eigenvalue weighted by Crippen LogP contribution is -2.38. The molecule has 0 bridgehead atoms. The highest BCUT2D eigenvalue weighted by molar-refractivity contribution is 5.79. The number of benzene rings is 2. The molecule has 6 heteroatoms. The smallest absolute Gasteiger partial charge is 0.310 e. The minimum atomic E-state index is -0.638. The molecule has 1 saturated carbocycles. The molecule has 3 aliphatic rings. The summed E-state index contributed by atoms with van der Waals surface area (Å²) in [7, 11) is 0. The maximum Gasteiger partial charge on any atom is 0.310 e. The van der Waals surface area contributed by atoms with Crippen molar-refractivity contribution in [2.75, 3.05) is 24.5 Å². The summed E-state index contributed by atoms with van der Waals surface area (Å²) in [5.41, 5.74) is 6.76.